The minimum absolute atomic E-state index is 0.131. The summed E-state index contributed by atoms with van der Waals surface area (Å²) in [4.78, 5) is 55.2. The summed E-state index contributed by atoms with van der Waals surface area (Å²) in [6, 6.07) is 5.16. The highest BCUT2D eigenvalue weighted by Gasteiger charge is 2.53. The highest BCUT2D eigenvalue weighted by atomic mass is 16.7. The lowest BCUT2D eigenvalue weighted by atomic mass is 9.73. The highest BCUT2D eigenvalue weighted by molar-refractivity contribution is 6.01. The topological polar surface area (TPSA) is 226 Å². The van der Waals surface area contributed by atoms with Crippen molar-refractivity contribution in [3.8, 4) is 0 Å². The quantitative estimate of drug-likeness (QED) is 0.257. The van der Waals surface area contributed by atoms with Gasteiger partial charge in [0, 0.05) is 23.6 Å². The zero-order valence-electron chi connectivity index (χ0n) is 36.3. The summed E-state index contributed by atoms with van der Waals surface area (Å²) in [5, 5.41) is 39.2. The number of H-pyrrole nitrogens is 1. The number of cyclic esters (lactones) is 1. The average molecular weight is 843 g/mol. The molecule has 0 spiro atoms. The molecule has 3 saturated heterocycles. The molecule has 2 aromatic rings. The number of benzene rings is 1. The fourth-order valence-corrected chi connectivity index (χ4v) is 9.17. The number of likely N-dealkylation sites (N-methyl/N-ethyl adjacent to an activating group) is 1. The standard InChI is InChI=1S/C42H62N6O12/c1-11-32-42(8,53)37-23(4)33-21(2)16-41(7,36(24(5)34(49)25(6)39(52)58-32)59-40-35(50)30(48(9)10)14-22(3)57-40)56-19-27(18-55-37)46-60-31(38(51)43-33)20-54-17-26-12-13-28-29(15-26)45-47-44-28/h12-13,15,21-25,30-32,35-37,40,50,53H,11,14,16-20H2,1-10H3,(H,44,45,47)/b43-33?,46-27+/t21-,22-,23-,24+,25-,30+,31?,32-,35-,36-,37+,40+,41-,42-/m1/s1. The van der Waals surface area contributed by atoms with Crippen LogP contribution < -0.4 is 0 Å². The number of carbonyl (C=O) groups is 3. The number of hydrogen-bond donors (Lipinski definition) is 3. The first-order valence-electron chi connectivity index (χ1n) is 20.9. The Morgan fingerprint density at radius 1 is 1.02 bits per heavy atom. The number of rotatable bonds is 8. The molecule has 1 amide bonds. The van der Waals surface area contributed by atoms with Crippen LogP contribution in [0.5, 0.6) is 0 Å². The number of esters is 1. The average Bonchev–Trinajstić information content (AvgIpc) is 3.66. The summed E-state index contributed by atoms with van der Waals surface area (Å²) in [5.74, 6) is -5.62. The van der Waals surface area contributed by atoms with E-state index in [4.69, 9.17) is 38.3 Å². The molecular weight excluding hydrogens is 780 g/mol. The molecule has 14 atom stereocenters. The maximum atomic E-state index is 14.5. The normalized spacial score (nSPS) is 39.6. The van der Waals surface area contributed by atoms with Gasteiger partial charge in [0.15, 0.2) is 12.1 Å². The largest absolute Gasteiger partial charge is 0.459 e. The third kappa shape index (κ3) is 9.65. The minimum Gasteiger partial charge on any atom is -0.459 e. The Balaban J connectivity index is 1.44. The van der Waals surface area contributed by atoms with Crippen molar-refractivity contribution in [2.24, 2.45) is 33.8 Å². The Hall–Kier alpha value is -3.75. The SMILES string of the molecule is CC[C@H]1OC(=O)[C@H](C)C(=O)[C@H](C)[C@@H](O[C@@H]2O[C@H](C)C[C@H](N(C)C)[C@H]2O)[C@@]2(C)C[C@@H](C)C3=NC(=O)C(COCc4ccc5n[nH]nc5c4)O/N=C(\CO[C@@H]([C@@H]3C)[C@]1(C)O)CO2. The Bertz CT molecular complexity index is 1920. The van der Waals surface area contributed by atoms with Gasteiger partial charge < -0.3 is 48.4 Å². The predicted octanol–water partition coefficient (Wildman–Crippen LogP) is 2.77. The molecule has 4 aliphatic rings. The molecule has 18 heteroatoms. The van der Waals surface area contributed by atoms with Crippen LogP contribution in [0.2, 0.25) is 0 Å². The number of Topliss-reactive ketones (excluding diaryl/α,β-unsaturated/α-hetero) is 1. The summed E-state index contributed by atoms with van der Waals surface area (Å²) >= 11 is 0. The maximum absolute atomic E-state index is 14.5. The number of fused-ring (bicyclic) bond motifs is 5. The van der Waals surface area contributed by atoms with Crippen molar-refractivity contribution in [2.45, 2.75) is 141 Å². The Morgan fingerprint density at radius 3 is 2.47 bits per heavy atom. The molecule has 18 nitrogen and oxygen atoms in total. The van der Waals surface area contributed by atoms with Crippen molar-refractivity contribution in [3.63, 3.8) is 0 Å². The number of nitrogens with zero attached hydrogens (tertiary/aromatic N) is 5. The van der Waals surface area contributed by atoms with Gasteiger partial charge in [-0.1, -0.05) is 38.9 Å². The van der Waals surface area contributed by atoms with Gasteiger partial charge in [-0.25, -0.2) is 4.99 Å². The van der Waals surface area contributed by atoms with Gasteiger partial charge in [-0.3, -0.25) is 14.4 Å². The number of aliphatic hydroxyl groups is 2. The number of hydrogen-bond acceptors (Lipinski definition) is 16. The Kier molecular flexibility index (Phi) is 14.3. The molecule has 3 fully saturated rings. The fourth-order valence-electron chi connectivity index (χ4n) is 9.17. The number of aromatic amines is 1. The lowest BCUT2D eigenvalue weighted by Gasteiger charge is -2.47. The molecule has 4 aliphatic heterocycles. The van der Waals surface area contributed by atoms with Gasteiger partial charge in [0.2, 0.25) is 6.10 Å². The van der Waals surface area contributed by atoms with Crippen molar-refractivity contribution in [1.82, 2.24) is 20.3 Å². The monoisotopic (exact) mass is 842 g/mol. The van der Waals surface area contributed by atoms with E-state index >= 15 is 0 Å². The molecule has 0 radical (unpaired) electrons. The van der Waals surface area contributed by atoms with E-state index in [2.05, 4.69) is 20.6 Å². The third-order valence-electron chi connectivity index (χ3n) is 12.6. The number of nitrogens with one attached hydrogen (secondary N) is 1. The second-order valence-electron chi connectivity index (χ2n) is 17.6. The van der Waals surface area contributed by atoms with E-state index in [9.17, 15) is 24.6 Å². The molecular formula is C42H62N6O12. The number of ketones is 1. The van der Waals surface area contributed by atoms with E-state index in [0.717, 1.165) is 5.56 Å². The summed E-state index contributed by atoms with van der Waals surface area (Å²) in [6.45, 7) is 13.2. The smallest absolute Gasteiger partial charge is 0.316 e. The van der Waals surface area contributed by atoms with Crippen molar-refractivity contribution < 1.29 is 57.9 Å². The lowest BCUT2D eigenvalue weighted by molar-refractivity contribution is -0.296. The molecule has 60 heavy (non-hydrogen) atoms. The lowest BCUT2D eigenvalue weighted by Crippen LogP contribution is -2.60. The van der Waals surface area contributed by atoms with Crippen LogP contribution in [0.1, 0.15) is 80.2 Å². The predicted molar refractivity (Wildman–Crippen MR) is 217 cm³/mol. The maximum Gasteiger partial charge on any atom is 0.316 e. The van der Waals surface area contributed by atoms with Crippen molar-refractivity contribution in [1.29, 1.82) is 0 Å². The molecule has 332 valence electrons. The summed E-state index contributed by atoms with van der Waals surface area (Å²) in [5.41, 5.74) is -0.514. The van der Waals surface area contributed by atoms with Gasteiger partial charge in [-0.2, -0.15) is 15.4 Å². The zero-order chi connectivity index (χ0) is 43.7. The zero-order valence-corrected chi connectivity index (χ0v) is 36.3. The van der Waals surface area contributed by atoms with Crippen LogP contribution in [0.25, 0.3) is 11.0 Å². The molecule has 4 bridgehead atoms. The van der Waals surface area contributed by atoms with E-state index in [1.54, 1.807) is 27.7 Å². The number of oxime groups is 1. The molecule has 1 unspecified atom stereocenters. The minimum atomic E-state index is -1.85. The Labute approximate surface area is 350 Å². The van der Waals surface area contributed by atoms with Crippen LogP contribution >= 0.6 is 0 Å². The molecule has 3 N–H and O–H groups in total. The number of amides is 1. The second kappa shape index (κ2) is 18.7. The van der Waals surface area contributed by atoms with Crippen molar-refractivity contribution in [2.75, 3.05) is 33.9 Å². The highest BCUT2D eigenvalue weighted by Crippen LogP contribution is 2.40. The van der Waals surface area contributed by atoms with Crippen LogP contribution in [0.4, 0.5) is 0 Å². The Morgan fingerprint density at radius 2 is 1.75 bits per heavy atom. The van der Waals surface area contributed by atoms with Crippen LogP contribution in [-0.2, 0) is 54.2 Å². The van der Waals surface area contributed by atoms with Crippen LogP contribution in [0.15, 0.2) is 28.3 Å². The molecule has 6 rings (SSSR count). The van der Waals surface area contributed by atoms with E-state index < -0.39 is 89.3 Å². The second-order valence-corrected chi connectivity index (χ2v) is 17.6. The van der Waals surface area contributed by atoms with Crippen LogP contribution in [-0.4, -0.2) is 154 Å². The van der Waals surface area contributed by atoms with Crippen molar-refractivity contribution >= 4 is 40.1 Å². The van der Waals surface area contributed by atoms with Gasteiger partial charge in [0.1, 0.15) is 40.5 Å². The number of aliphatic hydroxyl groups excluding tert-OH is 1. The molecule has 1 aromatic carbocycles. The summed E-state index contributed by atoms with van der Waals surface area (Å²) in [6.07, 6.45) is -6.37. The van der Waals surface area contributed by atoms with Gasteiger partial charge >= 0.3 is 5.97 Å². The van der Waals surface area contributed by atoms with E-state index in [-0.39, 0.29) is 57.1 Å². The molecule has 0 aliphatic carbocycles. The molecule has 1 aromatic heterocycles. The first kappa shape index (κ1) is 45.8. The fraction of sp³-hybridized carbons (Fsp3) is 0.738. The third-order valence-corrected chi connectivity index (χ3v) is 12.6. The number of ether oxygens (including phenoxy) is 6. The van der Waals surface area contributed by atoms with Crippen molar-refractivity contribution in [3.05, 3.63) is 23.8 Å². The molecule has 5 heterocycles. The number of carbonyl (C=O) groups excluding carboxylic acids is 3. The van der Waals surface area contributed by atoms with Gasteiger partial charge in [-0.05, 0) is 84.7 Å². The molecule has 0 saturated carbocycles. The van der Waals surface area contributed by atoms with Gasteiger partial charge in [0.25, 0.3) is 5.91 Å². The van der Waals surface area contributed by atoms with E-state index in [1.807, 2.05) is 51.0 Å². The van der Waals surface area contributed by atoms with Gasteiger partial charge in [-0.15, -0.1) is 0 Å². The number of aromatic nitrogens is 3. The van der Waals surface area contributed by atoms with E-state index in [0.29, 0.717) is 23.2 Å². The first-order chi connectivity index (χ1) is 28.3. The number of aliphatic imine (C=N–C) groups is 1. The van der Waals surface area contributed by atoms with E-state index in [1.165, 1.54) is 13.8 Å². The van der Waals surface area contributed by atoms with Gasteiger partial charge in [0.05, 0.1) is 50.3 Å². The summed E-state index contributed by atoms with van der Waals surface area (Å²) < 4.78 is 38.3. The van der Waals surface area contributed by atoms with Crippen LogP contribution in [0, 0.1) is 23.7 Å². The first-order valence-corrected chi connectivity index (χ1v) is 20.9. The van der Waals surface area contributed by atoms with Crippen LogP contribution in [0.3, 0.4) is 0 Å². The summed E-state index contributed by atoms with van der Waals surface area (Å²) in [7, 11) is 3.73.